The van der Waals surface area contributed by atoms with Crippen LogP contribution < -0.4 is 24.6 Å². The third kappa shape index (κ3) is 6.51. The van der Waals surface area contributed by atoms with Crippen LogP contribution in [0.25, 0.3) is 0 Å². The van der Waals surface area contributed by atoms with Crippen LogP contribution in [0.4, 0.5) is 31.8 Å². The zero-order valence-corrected chi connectivity index (χ0v) is 23.3. The molecule has 2 aromatic rings. The number of halogens is 2. The van der Waals surface area contributed by atoms with E-state index in [1.165, 1.54) is 31.9 Å². The molecule has 2 aliphatic heterocycles. The predicted octanol–water partition coefficient (Wildman–Crippen LogP) is 5.40. The maximum absolute atomic E-state index is 13.7. The molecule has 1 amide bonds. The molecule has 2 saturated heterocycles. The van der Waals surface area contributed by atoms with E-state index in [0.717, 1.165) is 37.3 Å². The first-order valence-corrected chi connectivity index (χ1v) is 14.5. The van der Waals surface area contributed by atoms with Crippen LogP contribution in [0.2, 0.25) is 0 Å². The highest BCUT2D eigenvalue weighted by Crippen LogP contribution is 2.54. The number of piperidine rings is 2. The Labute approximate surface area is 232 Å². The number of benzene rings is 1. The van der Waals surface area contributed by atoms with Crippen LogP contribution in [-0.2, 0) is 0 Å². The highest BCUT2D eigenvalue weighted by molar-refractivity contribution is 8.01. The van der Waals surface area contributed by atoms with Crippen molar-refractivity contribution in [2.45, 2.75) is 56.6 Å². The van der Waals surface area contributed by atoms with Crippen LogP contribution in [0.5, 0.6) is 5.75 Å². The van der Waals surface area contributed by atoms with E-state index < -0.39 is 5.92 Å². The molecule has 1 aromatic carbocycles. The van der Waals surface area contributed by atoms with Gasteiger partial charge < -0.3 is 29.7 Å². The Morgan fingerprint density at radius 2 is 1.77 bits per heavy atom. The summed E-state index contributed by atoms with van der Waals surface area (Å²) in [5, 5.41) is 12.3. The molecule has 3 aliphatic rings. The van der Waals surface area contributed by atoms with Crippen LogP contribution in [0.15, 0.2) is 30.3 Å². The number of anilines is 4. The van der Waals surface area contributed by atoms with Crippen molar-refractivity contribution < 1.29 is 23.4 Å². The summed E-state index contributed by atoms with van der Waals surface area (Å²) in [6.07, 6.45) is 4.35. The van der Waals surface area contributed by atoms with E-state index in [4.69, 9.17) is 4.74 Å². The van der Waals surface area contributed by atoms with Crippen molar-refractivity contribution in [3.8, 4) is 5.75 Å². The number of nitrogens with zero attached hydrogens (tertiary/aromatic N) is 3. The van der Waals surface area contributed by atoms with Gasteiger partial charge in [0.1, 0.15) is 5.82 Å². The van der Waals surface area contributed by atoms with E-state index in [2.05, 4.69) is 19.9 Å². The highest BCUT2D eigenvalue weighted by atomic mass is 32.2. The Balaban J connectivity index is 1.36. The number of aliphatic hydroxyl groups excluding tert-OH is 1. The topological polar surface area (TPSA) is 90.0 Å². The number of rotatable bonds is 9. The van der Waals surface area contributed by atoms with Gasteiger partial charge in [0.05, 0.1) is 25.0 Å². The van der Waals surface area contributed by atoms with Gasteiger partial charge in [-0.3, -0.25) is 4.79 Å². The summed E-state index contributed by atoms with van der Waals surface area (Å²) in [7, 11) is 1.52. The summed E-state index contributed by atoms with van der Waals surface area (Å²) < 4.78 is 36.2. The van der Waals surface area contributed by atoms with Gasteiger partial charge in [0.25, 0.3) is 11.8 Å². The SMILES string of the molecule is COc1ccc(NC(=O)c2ccc(NS[C@@H](C)CO)cc2N2CCC3(CC2)CC3)nc1N1CCC(F)(F)CC1. The second-order valence-electron chi connectivity index (χ2n) is 11.0. The summed E-state index contributed by atoms with van der Waals surface area (Å²) in [6, 6.07) is 9.05. The smallest absolute Gasteiger partial charge is 0.258 e. The lowest BCUT2D eigenvalue weighted by Gasteiger charge is -2.35. The number of amides is 1. The van der Waals surface area contributed by atoms with Crippen LogP contribution in [0.1, 0.15) is 55.8 Å². The normalized spacial score (nSPS) is 20.4. The van der Waals surface area contributed by atoms with E-state index in [-0.39, 0.29) is 43.7 Å². The second kappa shape index (κ2) is 11.4. The maximum atomic E-state index is 13.7. The van der Waals surface area contributed by atoms with Crippen molar-refractivity contribution in [3.63, 3.8) is 0 Å². The van der Waals surface area contributed by atoms with E-state index in [9.17, 15) is 18.7 Å². The Bertz CT molecular complexity index is 1180. The average Bonchev–Trinajstić information content (AvgIpc) is 3.70. The molecule has 3 heterocycles. The van der Waals surface area contributed by atoms with Gasteiger partial charge in [0.2, 0.25) is 0 Å². The molecule has 1 spiro atoms. The molecule has 3 N–H and O–H groups in total. The van der Waals surface area contributed by atoms with Crippen LogP contribution in [0.3, 0.4) is 0 Å². The first-order chi connectivity index (χ1) is 18.7. The fourth-order valence-corrected chi connectivity index (χ4v) is 5.81. The summed E-state index contributed by atoms with van der Waals surface area (Å²) in [5.74, 6) is -1.69. The molecule has 39 heavy (non-hydrogen) atoms. The minimum absolute atomic E-state index is 0.0302. The van der Waals surface area contributed by atoms with Crippen molar-refractivity contribution in [3.05, 3.63) is 35.9 Å². The molecule has 1 atom stereocenters. The van der Waals surface area contributed by atoms with E-state index in [1.54, 1.807) is 17.0 Å². The lowest BCUT2D eigenvalue weighted by Crippen LogP contribution is -2.40. The average molecular weight is 562 g/mol. The van der Waals surface area contributed by atoms with Crippen molar-refractivity contribution in [2.75, 3.05) is 59.7 Å². The highest BCUT2D eigenvalue weighted by Gasteiger charge is 2.44. The van der Waals surface area contributed by atoms with Gasteiger partial charge >= 0.3 is 0 Å². The number of nitrogens with one attached hydrogen (secondary N) is 2. The van der Waals surface area contributed by atoms with Gasteiger partial charge in [-0.1, -0.05) is 0 Å². The van der Waals surface area contributed by atoms with Crippen molar-refractivity contribution >= 4 is 40.9 Å². The molecule has 11 heteroatoms. The van der Waals surface area contributed by atoms with Gasteiger partial charge in [0, 0.05) is 50.0 Å². The number of carbonyl (C=O) groups is 1. The molecular formula is C28H37F2N5O3S. The first-order valence-electron chi connectivity index (χ1n) is 13.6. The standard InChI is InChI=1S/C28H37F2N5O3S/c1-19(18-36)39-33-20-3-4-21(22(17-20)34-13-9-27(7-8-27)10-14-34)26(37)32-24-6-5-23(38-2)25(31-24)35-15-11-28(29,30)12-16-35/h3-6,17,19,33,36H,7-16,18H2,1-2H3,(H,31,32,37)/t19-/m0/s1. The number of carbonyl (C=O) groups excluding carboxylic acids is 1. The number of alkyl halides is 2. The van der Waals surface area contributed by atoms with Gasteiger partial charge in [-0.25, -0.2) is 13.8 Å². The fraction of sp³-hybridized carbons (Fsp3) is 0.571. The van der Waals surface area contributed by atoms with E-state index >= 15 is 0 Å². The lowest BCUT2D eigenvalue weighted by atomic mass is 9.93. The largest absolute Gasteiger partial charge is 0.493 e. The first kappa shape index (κ1) is 27.8. The summed E-state index contributed by atoms with van der Waals surface area (Å²) in [6.45, 7) is 4.12. The maximum Gasteiger partial charge on any atom is 0.258 e. The molecule has 212 valence electrons. The fourth-order valence-electron chi connectivity index (χ4n) is 5.27. The molecule has 3 fully saturated rings. The van der Waals surface area contributed by atoms with Crippen LogP contribution >= 0.6 is 11.9 Å². The lowest BCUT2D eigenvalue weighted by molar-refractivity contribution is -0.0222. The molecular weight excluding hydrogens is 524 g/mol. The molecule has 8 nitrogen and oxygen atoms in total. The number of hydrogen-bond acceptors (Lipinski definition) is 8. The third-order valence-electron chi connectivity index (χ3n) is 8.09. The Kier molecular flexibility index (Phi) is 8.09. The Morgan fingerprint density at radius 3 is 2.41 bits per heavy atom. The molecule has 1 aliphatic carbocycles. The second-order valence-corrected chi connectivity index (χ2v) is 12.2. The van der Waals surface area contributed by atoms with E-state index in [1.807, 2.05) is 25.1 Å². The number of hydrogen-bond donors (Lipinski definition) is 3. The zero-order chi connectivity index (χ0) is 27.6. The number of ether oxygens (including phenoxy) is 1. The number of aromatic nitrogens is 1. The quantitative estimate of drug-likeness (QED) is 0.351. The third-order valence-corrected chi connectivity index (χ3v) is 9.00. The molecule has 1 aromatic heterocycles. The minimum atomic E-state index is -2.67. The van der Waals surface area contributed by atoms with Gasteiger partial charge in [-0.2, -0.15) is 0 Å². The number of aliphatic hydroxyl groups is 1. The van der Waals surface area contributed by atoms with Crippen LogP contribution in [0, 0.1) is 5.41 Å². The van der Waals surface area contributed by atoms with E-state index in [0.29, 0.717) is 28.4 Å². The van der Waals surface area contributed by atoms with Crippen molar-refractivity contribution in [1.29, 1.82) is 0 Å². The monoisotopic (exact) mass is 561 g/mol. The number of pyridine rings is 1. The summed E-state index contributed by atoms with van der Waals surface area (Å²) in [5.41, 5.74) is 2.77. The Hall–Kier alpha value is -2.79. The summed E-state index contributed by atoms with van der Waals surface area (Å²) >= 11 is 1.44. The minimum Gasteiger partial charge on any atom is -0.493 e. The van der Waals surface area contributed by atoms with Gasteiger partial charge in [-0.15, -0.1) is 0 Å². The number of methoxy groups -OCH3 is 1. The molecule has 0 bridgehead atoms. The summed E-state index contributed by atoms with van der Waals surface area (Å²) in [4.78, 5) is 22.2. The molecule has 0 unspecified atom stereocenters. The molecule has 0 radical (unpaired) electrons. The Morgan fingerprint density at radius 1 is 1.08 bits per heavy atom. The van der Waals surface area contributed by atoms with Crippen LogP contribution in [-0.4, -0.2) is 67.1 Å². The molecule has 5 rings (SSSR count). The van der Waals surface area contributed by atoms with Crippen molar-refractivity contribution in [1.82, 2.24) is 4.98 Å². The van der Waals surface area contributed by atoms with Crippen molar-refractivity contribution in [2.24, 2.45) is 5.41 Å². The van der Waals surface area contributed by atoms with Gasteiger partial charge in [0.15, 0.2) is 11.6 Å². The zero-order valence-electron chi connectivity index (χ0n) is 22.5. The molecule has 1 saturated carbocycles. The van der Waals surface area contributed by atoms with Gasteiger partial charge in [-0.05, 0) is 80.3 Å². The predicted molar refractivity (Wildman–Crippen MR) is 152 cm³/mol.